The molecule has 32 heavy (non-hydrogen) atoms. The van der Waals surface area contributed by atoms with Crippen LogP contribution in [0.15, 0.2) is 74.5 Å². The number of carboxylic acids is 1. The van der Waals surface area contributed by atoms with Gasteiger partial charge in [-0.05, 0) is 47.4 Å². The van der Waals surface area contributed by atoms with Crippen LogP contribution in [0.4, 0.5) is 0 Å². The number of ether oxygens (including phenoxy) is 2. The smallest absolute Gasteiger partial charge is 0.235 e. The highest BCUT2D eigenvalue weighted by atomic mass is 16.5. The van der Waals surface area contributed by atoms with E-state index in [2.05, 4.69) is 20.8 Å². The number of carbonyl (C=O) groups excluding carboxylic acids is 1. The summed E-state index contributed by atoms with van der Waals surface area (Å²) < 4.78 is 22.0. The highest BCUT2D eigenvalue weighted by Crippen LogP contribution is 2.27. The van der Waals surface area contributed by atoms with Crippen molar-refractivity contribution >= 4 is 16.9 Å². The van der Waals surface area contributed by atoms with Gasteiger partial charge in [0.2, 0.25) is 11.2 Å². The second-order valence-corrected chi connectivity index (χ2v) is 8.31. The molecule has 2 aromatic heterocycles. The Morgan fingerprint density at radius 3 is 2.38 bits per heavy atom. The van der Waals surface area contributed by atoms with Crippen molar-refractivity contribution in [3.63, 3.8) is 0 Å². The molecular formula is C25H21O7-. The SMILES string of the molecule is CC(C)(C)c1ccc(Oc2coc3cc(OCc4ccc(C(=O)[O-])o4)ccc3c2=O)cc1. The van der Waals surface area contributed by atoms with Crippen molar-refractivity contribution in [2.75, 3.05) is 0 Å². The first kappa shape index (κ1) is 21.2. The van der Waals surface area contributed by atoms with E-state index in [-0.39, 0.29) is 29.0 Å². The molecule has 0 radical (unpaired) electrons. The van der Waals surface area contributed by atoms with Gasteiger partial charge >= 0.3 is 0 Å². The summed E-state index contributed by atoms with van der Waals surface area (Å²) in [5.74, 6) is -0.287. The molecule has 2 aromatic carbocycles. The van der Waals surface area contributed by atoms with Gasteiger partial charge in [0, 0.05) is 6.07 Å². The number of furan rings is 1. The monoisotopic (exact) mass is 433 g/mol. The number of rotatable bonds is 6. The van der Waals surface area contributed by atoms with Crippen LogP contribution in [0.5, 0.6) is 17.2 Å². The van der Waals surface area contributed by atoms with Gasteiger partial charge in [0.25, 0.3) is 0 Å². The summed E-state index contributed by atoms with van der Waals surface area (Å²) in [4.78, 5) is 23.6. The van der Waals surface area contributed by atoms with E-state index in [1.54, 1.807) is 18.2 Å². The summed E-state index contributed by atoms with van der Waals surface area (Å²) in [6.45, 7) is 6.38. The van der Waals surface area contributed by atoms with Crippen molar-refractivity contribution in [2.24, 2.45) is 0 Å². The van der Waals surface area contributed by atoms with Crippen molar-refractivity contribution in [3.8, 4) is 17.2 Å². The van der Waals surface area contributed by atoms with Crippen molar-refractivity contribution in [2.45, 2.75) is 32.8 Å². The maximum absolute atomic E-state index is 12.8. The van der Waals surface area contributed by atoms with Gasteiger partial charge < -0.3 is 28.2 Å². The van der Waals surface area contributed by atoms with Crippen LogP contribution in [0.25, 0.3) is 11.0 Å². The molecule has 7 nitrogen and oxygen atoms in total. The summed E-state index contributed by atoms with van der Waals surface area (Å²) >= 11 is 0. The van der Waals surface area contributed by atoms with Gasteiger partial charge in [-0.1, -0.05) is 32.9 Å². The average molecular weight is 433 g/mol. The second-order valence-electron chi connectivity index (χ2n) is 8.31. The molecule has 4 aromatic rings. The molecule has 0 aliphatic heterocycles. The Kier molecular flexibility index (Phi) is 5.48. The molecule has 0 saturated heterocycles. The number of hydrogen-bond acceptors (Lipinski definition) is 7. The molecule has 0 N–H and O–H groups in total. The first-order valence-corrected chi connectivity index (χ1v) is 9.97. The first-order valence-electron chi connectivity index (χ1n) is 9.97. The van der Waals surface area contributed by atoms with Gasteiger partial charge in [0.1, 0.15) is 47.4 Å². The van der Waals surface area contributed by atoms with Crippen molar-refractivity contribution in [1.29, 1.82) is 0 Å². The van der Waals surface area contributed by atoms with E-state index in [9.17, 15) is 14.7 Å². The van der Waals surface area contributed by atoms with Crippen LogP contribution in [0.1, 0.15) is 42.6 Å². The molecule has 0 unspecified atom stereocenters. The van der Waals surface area contributed by atoms with Crippen LogP contribution in [-0.2, 0) is 12.0 Å². The summed E-state index contributed by atoms with van der Waals surface area (Å²) in [6, 6.07) is 15.1. The molecule has 7 heteroatoms. The third-order valence-electron chi connectivity index (χ3n) is 4.91. The fourth-order valence-electron chi connectivity index (χ4n) is 3.12. The number of fused-ring (bicyclic) bond motifs is 1. The minimum absolute atomic E-state index is 0.00870. The Morgan fingerprint density at radius 1 is 1.00 bits per heavy atom. The zero-order valence-corrected chi connectivity index (χ0v) is 17.8. The molecule has 164 valence electrons. The molecule has 0 saturated carbocycles. The predicted molar refractivity (Wildman–Crippen MR) is 115 cm³/mol. The Morgan fingerprint density at radius 2 is 1.72 bits per heavy atom. The maximum atomic E-state index is 12.8. The molecule has 2 heterocycles. The minimum atomic E-state index is -1.40. The largest absolute Gasteiger partial charge is 0.542 e. The molecule has 0 aliphatic carbocycles. The molecule has 0 fully saturated rings. The van der Waals surface area contributed by atoms with Crippen molar-refractivity contribution in [3.05, 3.63) is 88.2 Å². The standard InChI is InChI=1S/C25H22O7/c1-25(2,3)15-4-6-16(7-5-15)31-22-14-30-21-12-17(8-10-19(21)23(22)26)29-13-18-9-11-20(32-18)24(27)28/h4-12,14H,13H2,1-3H3,(H,27,28)/p-1. The van der Waals surface area contributed by atoms with E-state index >= 15 is 0 Å². The Balaban J connectivity index is 1.50. The van der Waals surface area contributed by atoms with Crippen LogP contribution in [-0.4, -0.2) is 5.97 Å². The zero-order valence-electron chi connectivity index (χ0n) is 17.8. The van der Waals surface area contributed by atoms with Gasteiger partial charge in [-0.2, -0.15) is 0 Å². The van der Waals surface area contributed by atoms with E-state index < -0.39 is 5.97 Å². The molecular weight excluding hydrogens is 412 g/mol. The van der Waals surface area contributed by atoms with Crippen LogP contribution in [0.3, 0.4) is 0 Å². The highest BCUT2D eigenvalue weighted by Gasteiger charge is 2.14. The first-order chi connectivity index (χ1) is 15.2. The second kappa shape index (κ2) is 8.26. The minimum Gasteiger partial charge on any atom is -0.542 e. The van der Waals surface area contributed by atoms with Crippen LogP contribution < -0.4 is 20.0 Å². The number of benzene rings is 2. The quantitative estimate of drug-likeness (QED) is 0.443. The third kappa shape index (κ3) is 4.51. The van der Waals surface area contributed by atoms with Gasteiger partial charge in [-0.25, -0.2) is 0 Å². The highest BCUT2D eigenvalue weighted by molar-refractivity contribution is 5.82. The molecule has 0 amide bonds. The van der Waals surface area contributed by atoms with Crippen LogP contribution >= 0.6 is 0 Å². The van der Waals surface area contributed by atoms with E-state index in [4.69, 9.17) is 18.3 Å². The third-order valence-corrected chi connectivity index (χ3v) is 4.91. The number of carboxylic acid groups (broad SMARTS) is 1. The fourth-order valence-corrected chi connectivity index (χ4v) is 3.12. The number of aromatic carboxylic acids is 1. The van der Waals surface area contributed by atoms with E-state index in [0.29, 0.717) is 28.2 Å². The van der Waals surface area contributed by atoms with Gasteiger partial charge in [0.15, 0.2) is 0 Å². The van der Waals surface area contributed by atoms with E-state index in [0.717, 1.165) is 5.56 Å². The van der Waals surface area contributed by atoms with Crippen molar-refractivity contribution < 1.29 is 28.2 Å². The topological polar surface area (TPSA) is 102 Å². The average Bonchev–Trinajstić information content (AvgIpc) is 3.23. The van der Waals surface area contributed by atoms with E-state index in [1.165, 1.54) is 18.4 Å². The van der Waals surface area contributed by atoms with Gasteiger partial charge in [0.05, 0.1) is 5.39 Å². The zero-order chi connectivity index (χ0) is 22.9. The van der Waals surface area contributed by atoms with Crippen LogP contribution in [0, 0.1) is 0 Å². The number of carbonyl (C=O) groups is 1. The van der Waals surface area contributed by atoms with E-state index in [1.807, 2.05) is 24.3 Å². The number of hydrogen-bond donors (Lipinski definition) is 0. The van der Waals surface area contributed by atoms with Gasteiger partial charge in [-0.15, -0.1) is 0 Å². The summed E-state index contributed by atoms with van der Waals surface area (Å²) in [5, 5.41) is 11.1. The summed E-state index contributed by atoms with van der Waals surface area (Å²) in [5.41, 5.74) is 1.21. The maximum Gasteiger partial charge on any atom is 0.235 e. The molecule has 0 atom stereocenters. The molecule has 0 bridgehead atoms. The lowest BCUT2D eigenvalue weighted by atomic mass is 9.87. The lowest BCUT2D eigenvalue weighted by molar-refractivity contribution is -0.257. The Hall–Kier alpha value is -4.00. The predicted octanol–water partition coefficient (Wildman–Crippen LogP) is 4.42. The summed E-state index contributed by atoms with van der Waals surface area (Å²) in [7, 11) is 0. The van der Waals surface area contributed by atoms with Crippen molar-refractivity contribution in [1.82, 2.24) is 0 Å². The molecule has 0 spiro atoms. The normalized spacial score (nSPS) is 11.5. The molecule has 4 rings (SSSR count). The Labute approximate surface area is 183 Å². The van der Waals surface area contributed by atoms with Crippen LogP contribution in [0.2, 0.25) is 0 Å². The molecule has 0 aliphatic rings. The Bertz CT molecular complexity index is 1320. The fraction of sp³-hybridized carbons (Fsp3) is 0.200. The summed E-state index contributed by atoms with van der Waals surface area (Å²) in [6.07, 6.45) is 1.27. The lowest BCUT2D eigenvalue weighted by Gasteiger charge is -2.19. The lowest BCUT2D eigenvalue weighted by Crippen LogP contribution is -2.21. The van der Waals surface area contributed by atoms with Gasteiger partial charge in [-0.3, -0.25) is 4.79 Å².